The van der Waals surface area contributed by atoms with Gasteiger partial charge in [-0.25, -0.2) is 4.39 Å². The van der Waals surface area contributed by atoms with Crippen LogP contribution in [0.1, 0.15) is 34.3 Å². The Labute approximate surface area is 168 Å². The maximum absolute atomic E-state index is 13.5. The number of carbonyl (C=O) groups is 1. The molecule has 0 N–H and O–H groups in total. The summed E-state index contributed by atoms with van der Waals surface area (Å²) >= 11 is 1.69. The fourth-order valence-corrected chi connectivity index (χ4v) is 3.90. The monoisotopic (exact) mass is 395 g/mol. The molecule has 1 fully saturated rings. The molecule has 5 heteroatoms. The molecular formula is C23H22FNO2S. The number of carbonyl (C=O) groups excluding carboxylic acids is 1. The number of hydrogen-bond donors (Lipinski definition) is 0. The fourth-order valence-electron chi connectivity index (χ4n) is 3.19. The minimum absolute atomic E-state index is 0.120. The summed E-state index contributed by atoms with van der Waals surface area (Å²) in [6.45, 7) is 1.12. The lowest BCUT2D eigenvalue weighted by atomic mass is 10.1. The van der Waals surface area contributed by atoms with Crippen molar-refractivity contribution in [3.8, 4) is 5.75 Å². The molecule has 1 aliphatic rings. The smallest absolute Gasteiger partial charge is 0.254 e. The van der Waals surface area contributed by atoms with Gasteiger partial charge < -0.3 is 9.64 Å². The number of nitrogens with zero attached hydrogens (tertiary/aromatic N) is 1. The van der Waals surface area contributed by atoms with E-state index >= 15 is 0 Å². The van der Waals surface area contributed by atoms with Gasteiger partial charge in [0.15, 0.2) is 0 Å². The summed E-state index contributed by atoms with van der Waals surface area (Å²) in [6, 6.07) is 16.1. The lowest BCUT2D eigenvalue weighted by Gasteiger charge is -2.23. The van der Waals surface area contributed by atoms with Gasteiger partial charge in [0.1, 0.15) is 11.6 Å². The van der Waals surface area contributed by atoms with E-state index in [0.717, 1.165) is 30.6 Å². The van der Waals surface area contributed by atoms with E-state index in [-0.39, 0.29) is 17.8 Å². The largest absolute Gasteiger partial charge is 0.493 e. The highest BCUT2D eigenvalue weighted by Gasteiger charge is 2.33. The molecule has 0 spiro atoms. The molecular weight excluding hydrogens is 373 g/mol. The van der Waals surface area contributed by atoms with Crippen LogP contribution in [0.4, 0.5) is 4.39 Å². The van der Waals surface area contributed by atoms with Gasteiger partial charge >= 0.3 is 0 Å². The highest BCUT2D eigenvalue weighted by atomic mass is 32.1. The summed E-state index contributed by atoms with van der Waals surface area (Å²) in [7, 11) is 0. The van der Waals surface area contributed by atoms with Crippen LogP contribution >= 0.6 is 11.3 Å². The lowest BCUT2D eigenvalue weighted by molar-refractivity contribution is 0.0729. The molecule has 0 radical (unpaired) electrons. The molecule has 0 unspecified atom stereocenters. The Morgan fingerprint density at radius 1 is 1.11 bits per heavy atom. The summed E-state index contributed by atoms with van der Waals surface area (Å²) in [4.78, 5) is 14.7. The van der Waals surface area contributed by atoms with Gasteiger partial charge in [-0.15, -0.1) is 0 Å². The minimum Gasteiger partial charge on any atom is -0.493 e. The summed E-state index contributed by atoms with van der Waals surface area (Å²) < 4.78 is 19.4. The van der Waals surface area contributed by atoms with E-state index in [1.54, 1.807) is 23.5 Å². The van der Waals surface area contributed by atoms with Crippen molar-refractivity contribution in [2.75, 3.05) is 6.61 Å². The van der Waals surface area contributed by atoms with Crippen molar-refractivity contribution < 1.29 is 13.9 Å². The lowest BCUT2D eigenvalue weighted by Crippen LogP contribution is -2.32. The second kappa shape index (κ2) is 8.57. The average Bonchev–Trinajstić information content (AvgIpc) is 3.41. The van der Waals surface area contributed by atoms with Crippen molar-refractivity contribution in [3.63, 3.8) is 0 Å². The van der Waals surface area contributed by atoms with E-state index in [1.807, 2.05) is 29.2 Å². The van der Waals surface area contributed by atoms with Crippen molar-refractivity contribution >= 4 is 17.2 Å². The minimum atomic E-state index is -0.386. The zero-order chi connectivity index (χ0) is 19.3. The average molecular weight is 395 g/mol. The van der Waals surface area contributed by atoms with Crippen LogP contribution in [0.25, 0.3) is 0 Å². The molecule has 1 aliphatic carbocycles. The molecule has 28 heavy (non-hydrogen) atoms. The predicted octanol–water partition coefficient (Wildman–Crippen LogP) is 5.31. The number of hydrogen-bond acceptors (Lipinski definition) is 3. The zero-order valence-electron chi connectivity index (χ0n) is 15.5. The van der Waals surface area contributed by atoms with E-state index < -0.39 is 0 Å². The van der Waals surface area contributed by atoms with Gasteiger partial charge in [0.2, 0.25) is 0 Å². The van der Waals surface area contributed by atoms with Crippen LogP contribution in [0.3, 0.4) is 0 Å². The Hall–Kier alpha value is -2.66. The summed E-state index contributed by atoms with van der Waals surface area (Å²) in [5.41, 5.74) is 2.70. The van der Waals surface area contributed by atoms with Crippen molar-refractivity contribution in [2.45, 2.75) is 31.8 Å². The molecule has 144 valence electrons. The van der Waals surface area contributed by atoms with E-state index in [0.29, 0.717) is 18.7 Å². The quantitative estimate of drug-likeness (QED) is 0.517. The zero-order valence-corrected chi connectivity index (χ0v) is 16.3. The Bertz CT molecular complexity index is 937. The van der Waals surface area contributed by atoms with Crippen LogP contribution in [-0.2, 0) is 13.0 Å². The molecule has 1 aromatic heterocycles. The van der Waals surface area contributed by atoms with E-state index in [9.17, 15) is 9.18 Å². The van der Waals surface area contributed by atoms with Crippen molar-refractivity contribution in [2.24, 2.45) is 0 Å². The molecule has 1 heterocycles. The van der Waals surface area contributed by atoms with E-state index in [4.69, 9.17) is 4.74 Å². The van der Waals surface area contributed by atoms with Crippen molar-refractivity contribution in [1.82, 2.24) is 4.90 Å². The Morgan fingerprint density at radius 2 is 1.96 bits per heavy atom. The number of amides is 1. The summed E-state index contributed by atoms with van der Waals surface area (Å²) in [5, 5.41) is 4.20. The van der Waals surface area contributed by atoms with Crippen molar-refractivity contribution in [3.05, 3.63) is 87.9 Å². The van der Waals surface area contributed by atoms with Gasteiger partial charge in [-0.2, -0.15) is 11.3 Å². The highest BCUT2D eigenvalue weighted by molar-refractivity contribution is 7.07. The molecule has 0 bridgehead atoms. The molecule has 0 aliphatic heterocycles. The first-order valence-electron chi connectivity index (χ1n) is 9.48. The van der Waals surface area contributed by atoms with Crippen LogP contribution in [0.15, 0.2) is 65.4 Å². The van der Waals surface area contributed by atoms with Gasteiger partial charge in [-0.1, -0.05) is 18.2 Å². The maximum atomic E-state index is 13.5. The Balaban J connectivity index is 1.42. The maximum Gasteiger partial charge on any atom is 0.254 e. The third-order valence-corrected chi connectivity index (χ3v) is 5.54. The van der Waals surface area contributed by atoms with E-state index in [2.05, 4.69) is 16.8 Å². The van der Waals surface area contributed by atoms with Crippen LogP contribution in [0.2, 0.25) is 0 Å². The van der Waals surface area contributed by atoms with Gasteiger partial charge in [-0.3, -0.25) is 4.79 Å². The predicted molar refractivity (Wildman–Crippen MR) is 109 cm³/mol. The van der Waals surface area contributed by atoms with Crippen LogP contribution in [-0.4, -0.2) is 23.5 Å². The van der Waals surface area contributed by atoms with Crippen LogP contribution in [0.5, 0.6) is 5.75 Å². The first-order chi connectivity index (χ1) is 13.7. The molecule has 4 rings (SSSR count). The Morgan fingerprint density at radius 3 is 2.71 bits per heavy atom. The van der Waals surface area contributed by atoms with E-state index in [1.165, 1.54) is 17.7 Å². The molecule has 1 amide bonds. The van der Waals surface area contributed by atoms with Gasteiger partial charge in [0.25, 0.3) is 5.91 Å². The SMILES string of the molecule is O=C(c1cccc(F)c1)N(Cc1cccc(OCCc2ccsc2)c1)C1CC1. The molecule has 2 aromatic carbocycles. The highest BCUT2D eigenvalue weighted by Crippen LogP contribution is 2.30. The molecule has 0 saturated heterocycles. The summed E-state index contributed by atoms with van der Waals surface area (Å²) in [5.74, 6) is 0.301. The first-order valence-corrected chi connectivity index (χ1v) is 10.4. The number of thiophene rings is 1. The van der Waals surface area contributed by atoms with Crippen LogP contribution in [0, 0.1) is 5.82 Å². The third kappa shape index (κ3) is 4.78. The number of benzene rings is 2. The fraction of sp³-hybridized carbons (Fsp3) is 0.261. The summed E-state index contributed by atoms with van der Waals surface area (Å²) in [6.07, 6.45) is 2.87. The number of halogens is 1. The normalized spacial score (nSPS) is 13.3. The molecule has 1 saturated carbocycles. The van der Waals surface area contributed by atoms with Crippen molar-refractivity contribution in [1.29, 1.82) is 0 Å². The second-order valence-corrected chi connectivity index (χ2v) is 7.83. The van der Waals surface area contributed by atoms with Crippen LogP contribution < -0.4 is 4.74 Å². The number of ether oxygens (including phenoxy) is 1. The van der Waals surface area contributed by atoms with Gasteiger partial charge in [-0.05, 0) is 71.1 Å². The topological polar surface area (TPSA) is 29.5 Å². The molecule has 3 aromatic rings. The third-order valence-electron chi connectivity index (χ3n) is 4.81. The second-order valence-electron chi connectivity index (χ2n) is 7.05. The molecule has 0 atom stereocenters. The first kappa shape index (κ1) is 18.7. The number of rotatable bonds is 8. The standard InChI is InChI=1S/C23H22FNO2S/c24-20-5-2-4-19(14-20)23(26)25(21-7-8-21)15-18-3-1-6-22(13-18)27-11-9-17-10-12-28-16-17/h1-6,10,12-14,16,21H,7-9,11,15H2. The molecule has 3 nitrogen and oxygen atoms in total. The Kier molecular flexibility index (Phi) is 5.72. The van der Waals surface area contributed by atoms with Gasteiger partial charge in [0.05, 0.1) is 6.61 Å². The van der Waals surface area contributed by atoms with Gasteiger partial charge in [0, 0.05) is 24.6 Å².